The maximum atomic E-state index is 8.88. The molecule has 0 atom stereocenters. The lowest BCUT2D eigenvalue weighted by molar-refractivity contribution is 0.616. The Morgan fingerprint density at radius 2 is 2.08 bits per heavy atom. The molecule has 0 spiro atoms. The zero-order valence-corrected chi connectivity index (χ0v) is 6.44. The number of nitrogens with zero attached hydrogens (tertiary/aromatic N) is 1. The van der Waals surface area contributed by atoms with Gasteiger partial charge in [0.15, 0.2) is 0 Å². The van der Waals surface area contributed by atoms with Gasteiger partial charge in [-0.3, -0.25) is 4.98 Å². The molecule has 1 aromatic heterocycles. The fraction of sp³-hybridized carbons (Fsp3) is 0. The van der Waals surface area contributed by atoms with Gasteiger partial charge in [-0.15, -0.1) is 0 Å². The van der Waals surface area contributed by atoms with Crippen molar-refractivity contribution >= 4 is 23.8 Å². The van der Waals surface area contributed by atoms with E-state index in [0.29, 0.717) is 0 Å². The first-order chi connectivity index (χ1) is 5.92. The van der Waals surface area contributed by atoms with Crippen molar-refractivity contribution in [3.63, 3.8) is 0 Å². The van der Waals surface area contributed by atoms with Crippen molar-refractivity contribution in [2.45, 2.75) is 0 Å². The van der Waals surface area contributed by atoms with E-state index in [4.69, 9.17) is 5.02 Å². The summed E-state index contributed by atoms with van der Waals surface area (Å²) in [6.45, 7) is 0. The third-order valence-corrected chi connectivity index (χ3v) is 1.82. The predicted molar refractivity (Wildman–Crippen MR) is 49.3 cm³/mol. The van der Waals surface area contributed by atoms with Crippen LogP contribution in [0.1, 0.15) is 0 Å². The zero-order chi connectivity index (χ0) is 8.39. The minimum atomic E-state index is 0.806. The summed E-state index contributed by atoms with van der Waals surface area (Å²) in [4.78, 5) is 4.16. The second-order valence-electron chi connectivity index (χ2n) is 2.55. The molecular weight excluding hydrogens is 149 g/mol. The lowest BCUT2D eigenvalue weighted by atomic mass is 9.85. The van der Waals surface area contributed by atoms with Crippen LogP contribution in [-0.2, 0) is 0 Å². The van der Waals surface area contributed by atoms with Gasteiger partial charge < -0.3 is 5.02 Å². The highest BCUT2D eigenvalue weighted by Crippen LogP contribution is 2.06. The number of pyridine rings is 1. The smallest absolute Gasteiger partial charge is 0.327 e. The van der Waals surface area contributed by atoms with E-state index in [1.807, 2.05) is 30.3 Å². The highest BCUT2D eigenvalue weighted by molar-refractivity contribution is 6.49. The molecule has 0 saturated carbocycles. The fourth-order valence-electron chi connectivity index (χ4n) is 1.24. The molecule has 0 aliphatic heterocycles. The monoisotopic (exact) mass is 156 g/mol. The Kier molecular flexibility index (Phi) is 1.80. The third-order valence-electron chi connectivity index (χ3n) is 1.82. The molecule has 1 heterocycles. The van der Waals surface area contributed by atoms with E-state index < -0.39 is 0 Å². The normalized spacial score (nSPS) is 10.1. The van der Waals surface area contributed by atoms with E-state index >= 15 is 0 Å². The predicted octanol–water partition coefficient (Wildman–Crippen LogP) is 0.472. The molecule has 0 fully saturated rings. The maximum absolute atomic E-state index is 8.88. The van der Waals surface area contributed by atoms with Crippen molar-refractivity contribution in [3.05, 3.63) is 36.5 Å². The van der Waals surface area contributed by atoms with Gasteiger partial charge in [0.05, 0.1) is 5.52 Å². The van der Waals surface area contributed by atoms with Crippen LogP contribution < -0.4 is 5.46 Å². The minimum Gasteiger partial charge on any atom is -0.450 e. The topological polar surface area (TPSA) is 33.1 Å². The Balaban J connectivity index is 2.79. The summed E-state index contributed by atoms with van der Waals surface area (Å²) < 4.78 is 0. The van der Waals surface area contributed by atoms with E-state index in [1.54, 1.807) is 6.20 Å². The van der Waals surface area contributed by atoms with Crippen molar-refractivity contribution < 1.29 is 5.02 Å². The van der Waals surface area contributed by atoms with Gasteiger partial charge in [-0.1, -0.05) is 18.2 Å². The maximum Gasteiger partial charge on any atom is 0.327 e. The summed E-state index contributed by atoms with van der Waals surface area (Å²) in [6.07, 6.45) is 1.74. The van der Waals surface area contributed by atoms with Gasteiger partial charge in [-0.2, -0.15) is 0 Å². The molecule has 1 aromatic carbocycles. The highest BCUT2D eigenvalue weighted by Gasteiger charge is 1.99. The molecular formula is C9H7BNO. The van der Waals surface area contributed by atoms with Gasteiger partial charge in [0, 0.05) is 6.20 Å². The SMILES string of the molecule is O[B]c1cccc2ncccc12. The molecule has 12 heavy (non-hydrogen) atoms. The van der Waals surface area contributed by atoms with E-state index in [-0.39, 0.29) is 0 Å². The molecule has 0 aliphatic carbocycles. The number of aromatic nitrogens is 1. The fourth-order valence-corrected chi connectivity index (χ4v) is 1.24. The molecule has 3 heteroatoms. The van der Waals surface area contributed by atoms with Crippen LogP contribution in [0, 0.1) is 0 Å². The first kappa shape index (κ1) is 7.31. The quantitative estimate of drug-likeness (QED) is 0.608. The molecule has 2 rings (SSSR count). The van der Waals surface area contributed by atoms with Crippen LogP contribution in [0.3, 0.4) is 0 Å². The van der Waals surface area contributed by atoms with Crippen LogP contribution in [0.2, 0.25) is 0 Å². The number of rotatable bonds is 1. The van der Waals surface area contributed by atoms with Gasteiger partial charge in [-0.05, 0) is 23.0 Å². The van der Waals surface area contributed by atoms with Crippen LogP contribution in [0.5, 0.6) is 0 Å². The minimum absolute atomic E-state index is 0.806. The van der Waals surface area contributed by atoms with E-state index in [2.05, 4.69) is 4.98 Å². The van der Waals surface area contributed by atoms with Crippen LogP contribution in [-0.4, -0.2) is 17.5 Å². The van der Waals surface area contributed by atoms with Gasteiger partial charge in [0.2, 0.25) is 0 Å². The van der Waals surface area contributed by atoms with E-state index in [9.17, 15) is 0 Å². The molecule has 0 aliphatic rings. The summed E-state index contributed by atoms with van der Waals surface area (Å²) in [5, 5.41) is 9.86. The number of hydrogen-bond donors (Lipinski definition) is 1. The molecule has 57 valence electrons. The Bertz CT molecular complexity index is 397. The van der Waals surface area contributed by atoms with Crippen molar-refractivity contribution in [2.24, 2.45) is 0 Å². The average molecular weight is 156 g/mol. The molecule has 2 aromatic rings. The van der Waals surface area contributed by atoms with Gasteiger partial charge in [0.1, 0.15) is 0 Å². The van der Waals surface area contributed by atoms with Crippen LogP contribution in [0.4, 0.5) is 0 Å². The Hall–Kier alpha value is -1.35. The standard InChI is InChI=1S/C9H7BNO/c12-10-8-4-1-5-9-7(8)3-2-6-11-9/h1-6,12H. The van der Waals surface area contributed by atoms with Crippen LogP contribution in [0.25, 0.3) is 10.9 Å². The molecule has 1 N–H and O–H groups in total. The Morgan fingerprint density at radius 1 is 1.17 bits per heavy atom. The number of hydrogen-bond acceptors (Lipinski definition) is 2. The van der Waals surface area contributed by atoms with Crippen molar-refractivity contribution in [1.29, 1.82) is 0 Å². The second kappa shape index (κ2) is 2.95. The zero-order valence-electron chi connectivity index (χ0n) is 6.44. The molecule has 0 amide bonds. The Labute approximate surface area is 71.1 Å². The molecule has 2 nitrogen and oxygen atoms in total. The second-order valence-corrected chi connectivity index (χ2v) is 2.55. The summed E-state index contributed by atoms with van der Waals surface area (Å²) in [5.74, 6) is 0. The Morgan fingerprint density at radius 3 is 2.92 bits per heavy atom. The number of benzene rings is 1. The first-order valence-electron chi connectivity index (χ1n) is 3.73. The first-order valence-corrected chi connectivity index (χ1v) is 3.73. The van der Waals surface area contributed by atoms with Crippen LogP contribution in [0.15, 0.2) is 36.5 Å². The van der Waals surface area contributed by atoms with Crippen molar-refractivity contribution in [1.82, 2.24) is 4.98 Å². The summed E-state index contributed by atoms with van der Waals surface area (Å²) in [5.41, 5.74) is 1.71. The average Bonchev–Trinajstić information content (AvgIpc) is 2.17. The summed E-state index contributed by atoms with van der Waals surface area (Å²) in [6, 6.07) is 9.43. The number of fused-ring (bicyclic) bond motifs is 1. The largest absolute Gasteiger partial charge is 0.450 e. The van der Waals surface area contributed by atoms with E-state index in [1.165, 1.54) is 0 Å². The van der Waals surface area contributed by atoms with Crippen molar-refractivity contribution in [2.75, 3.05) is 0 Å². The van der Waals surface area contributed by atoms with Crippen molar-refractivity contribution in [3.8, 4) is 0 Å². The molecule has 0 bridgehead atoms. The van der Waals surface area contributed by atoms with Gasteiger partial charge >= 0.3 is 7.48 Å². The summed E-state index contributed by atoms with van der Waals surface area (Å²) in [7, 11) is 1.10. The van der Waals surface area contributed by atoms with Gasteiger partial charge in [-0.25, -0.2) is 0 Å². The van der Waals surface area contributed by atoms with Crippen LogP contribution >= 0.6 is 0 Å². The molecule has 0 saturated heterocycles. The highest BCUT2D eigenvalue weighted by atomic mass is 16.2. The molecule has 0 unspecified atom stereocenters. The van der Waals surface area contributed by atoms with E-state index in [0.717, 1.165) is 23.8 Å². The third kappa shape index (κ3) is 1.08. The molecule has 1 radical (unpaired) electrons. The lowest BCUT2D eigenvalue weighted by Gasteiger charge is -1.99. The summed E-state index contributed by atoms with van der Waals surface area (Å²) >= 11 is 0. The lowest BCUT2D eigenvalue weighted by Crippen LogP contribution is -2.14. The van der Waals surface area contributed by atoms with Gasteiger partial charge in [0.25, 0.3) is 0 Å².